The molecule has 0 aliphatic heterocycles. The highest BCUT2D eigenvalue weighted by atomic mass is 19.1. The Morgan fingerprint density at radius 2 is 1.94 bits per heavy atom. The van der Waals surface area contributed by atoms with Gasteiger partial charge in [0.25, 0.3) is 0 Å². The van der Waals surface area contributed by atoms with Crippen molar-refractivity contribution in [3.05, 3.63) is 35.6 Å². The Morgan fingerprint density at radius 3 is 2.56 bits per heavy atom. The number of carbonyl (C=O) groups is 1. The van der Waals surface area contributed by atoms with Gasteiger partial charge in [-0.3, -0.25) is 4.79 Å². The van der Waals surface area contributed by atoms with E-state index in [4.69, 9.17) is 0 Å². The molecule has 0 spiro atoms. The van der Waals surface area contributed by atoms with Crippen LogP contribution < -0.4 is 5.32 Å². The molecule has 0 unspecified atom stereocenters. The van der Waals surface area contributed by atoms with Crippen molar-refractivity contribution >= 4 is 5.91 Å². The molecule has 1 amide bonds. The van der Waals surface area contributed by atoms with E-state index in [0.717, 1.165) is 13.1 Å². The molecule has 3 nitrogen and oxygen atoms in total. The lowest BCUT2D eigenvalue weighted by molar-refractivity contribution is -0.130. The molecule has 1 aromatic carbocycles. The van der Waals surface area contributed by atoms with Gasteiger partial charge >= 0.3 is 0 Å². The number of nitrogens with zero attached hydrogens (tertiary/aromatic N) is 1. The molecular formula is C14H21FN2O. The van der Waals surface area contributed by atoms with Crippen LogP contribution in [0.25, 0.3) is 0 Å². The average Bonchev–Trinajstić information content (AvgIpc) is 2.38. The number of amides is 1. The smallest absolute Gasteiger partial charge is 0.223 e. The summed E-state index contributed by atoms with van der Waals surface area (Å²) in [6.45, 7) is 6.44. The minimum absolute atomic E-state index is 0.140. The molecule has 0 heterocycles. The van der Waals surface area contributed by atoms with Gasteiger partial charge in [-0.25, -0.2) is 4.39 Å². The van der Waals surface area contributed by atoms with E-state index >= 15 is 0 Å². The minimum atomic E-state index is -0.208. The number of halogens is 1. The SMILES string of the molecule is CCN(CC)C(=O)CCNCc1ccccc1F. The summed E-state index contributed by atoms with van der Waals surface area (Å²) >= 11 is 0. The van der Waals surface area contributed by atoms with E-state index in [1.165, 1.54) is 6.07 Å². The van der Waals surface area contributed by atoms with Crippen molar-refractivity contribution in [2.75, 3.05) is 19.6 Å². The Kier molecular flexibility index (Phi) is 6.36. The molecule has 0 saturated carbocycles. The standard InChI is InChI=1S/C14H21FN2O/c1-3-17(4-2)14(18)9-10-16-11-12-7-5-6-8-13(12)15/h5-8,16H,3-4,9-11H2,1-2H3. The molecule has 1 aromatic rings. The minimum Gasteiger partial charge on any atom is -0.343 e. The highest BCUT2D eigenvalue weighted by molar-refractivity contribution is 5.76. The van der Waals surface area contributed by atoms with E-state index in [2.05, 4.69) is 5.32 Å². The molecule has 1 rings (SSSR count). The fourth-order valence-electron chi connectivity index (χ4n) is 1.79. The molecule has 18 heavy (non-hydrogen) atoms. The third-order valence-corrected chi connectivity index (χ3v) is 2.91. The number of nitrogens with one attached hydrogen (secondary N) is 1. The average molecular weight is 252 g/mol. The summed E-state index contributed by atoms with van der Waals surface area (Å²) in [5, 5.41) is 3.09. The van der Waals surface area contributed by atoms with Gasteiger partial charge in [0.05, 0.1) is 0 Å². The van der Waals surface area contributed by atoms with Crippen LogP contribution in [0, 0.1) is 5.82 Å². The summed E-state index contributed by atoms with van der Waals surface area (Å²) in [6, 6.07) is 6.66. The Labute approximate surface area is 108 Å². The van der Waals surface area contributed by atoms with Crippen molar-refractivity contribution in [3.63, 3.8) is 0 Å². The second kappa shape index (κ2) is 7.82. The van der Waals surface area contributed by atoms with Crippen LogP contribution in [-0.4, -0.2) is 30.4 Å². The molecule has 100 valence electrons. The van der Waals surface area contributed by atoms with Gasteiger partial charge in [0.2, 0.25) is 5.91 Å². The van der Waals surface area contributed by atoms with E-state index in [0.29, 0.717) is 25.1 Å². The van der Waals surface area contributed by atoms with E-state index in [-0.39, 0.29) is 11.7 Å². The molecule has 0 atom stereocenters. The summed E-state index contributed by atoms with van der Waals surface area (Å²) in [6.07, 6.45) is 0.454. The highest BCUT2D eigenvalue weighted by Gasteiger charge is 2.08. The van der Waals surface area contributed by atoms with Crippen LogP contribution in [0.15, 0.2) is 24.3 Å². The van der Waals surface area contributed by atoms with E-state index in [1.807, 2.05) is 13.8 Å². The lowest BCUT2D eigenvalue weighted by atomic mass is 10.2. The number of hydrogen-bond acceptors (Lipinski definition) is 2. The van der Waals surface area contributed by atoms with Crippen LogP contribution in [0.2, 0.25) is 0 Å². The molecule has 0 bridgehead atoms. The van der Waals surface area contributed by atoms with E-state index < -0.39 is 0 Å². The second-order valence-electron chi connectivity index (χ2n) is 4.08. The van der Waals surface area contributed by atoms with Crippen LogP contribution in [-0.2, 0) is 11.3 Å². The zero-order chi connectivity index (χ0) is 13.4. The number of hydrogen-bond donors (Lipinski definition) is 1. The van der Waals surface area contributed by atoms with Crippen molar-refractivity contribution in [2.24, 2.45) is 0 Å². The molecular weight excluding hydrogens is 231 g/mol. The Balaban J connectivity index is 2.27. The first-order valence-corrected chi connectivity index (χ1v) is 6.40. The molecule has 4 heteroatoms. The highest BCUT2D eigenvalue weighted by Crippen LogP contribution is 2.05. The normalized spacial score (nSPS) is 10.4. The van der Waals surface area contributed by atoms with Gasteiger partial charge in [-0.2, -0.15) is 0 Å². The molecule has 0 radical (unpaired) electrons. The summed E-state index contributed by atoms with van der Waals surface area (Å²) in [7, 11) is 0. The van der Waals surface area contributed by atoms with Gasteiger partial charge in [0.15, 0.2) is 0 Å². The van der Waals surface area contributed by atoms with Gasteiger partial charge in [-0.05, 0) is 19.9 Å². The number of benzene rings is 1. The topological polar surface area (TPSA) is 32.3 Å². The third-order valence-electron chi connectivity index (χ3n) is 2.91. The first kappa shape index (κ1) is 14.6. The van der Waals surface area contributed by atoms with Gasteiger partial charge < -0.3 is 10.2 Å². The predicted molar refractivity (Wildman–Crippen MR) is 70.7 cm³/mol. The van der Waals surface area contributed by atoms with E-state index in [1.54, 1.807) is 23.1 Å². The van der Waals surface area contributed by atoms with Crippen molar-refractivity contribution < 1.29 is 9.18 Å². The number of rotatable bonds is 7. The summed E-state index contributed by atoms with van der Waals surface area (Å²) < 4.78 is 13.3. The lowest BCUT2D eigenvalue weighted by Crippen LogP contribution is -2.32. The van der Waals surface area contributed by atoms with Crippen molar-refractivity contribution in [1.82, 2.24) is 10.2 Å². The molecule has 0 aliphatic rings. The van der Waals surface area contributed by atoms with Crippen LogP contribution in [0.4, 0.5) is 4.39 Å². The van der Waals surface area contributed by atoms with E-state index in [9.17, 15) is 9.18 Å². The van der Waals surface area contributed by atoms with Crippen LogP contribution >= 0.6 is 0 Å². The van der Waals surface area contributed by atoms with Gasteiger partial charge in [0.1, 0.15) is 5.82 Å². The first-order valence-electron chi connectivity index (χ1n) is 6.40. The Morgan fingerprint density at radius 1 is 1.28 bits per heavy atom. The van der Waals surface area contributed by atoms with Gasteiger partial charge in [0, 0.05) is 38.2 Å². The van der Waals surface area contributed by atoms with Crippen molar-refractivity contribution in [2.45, 2.75) is 26.8 Å². The predicted octanol–water partition coefficient (Wildman–Crippen LogP) is 2.17. The van der Waals surface area contributed by atoms with Crippen molar-refractivity contribution in [1.29, 1.82) is 0 Å². The third kappa shape index (κ3) is 4.45. The molecule has 0 aliphatic carbocycles. The summed E-state index contributed by atoms with van der Waals surface area (Å²) in [5.41, 5.74) is 0.632. The van der Waals surface area contributed by atoms with Gasteiger partial charge in [-0.1, -0.05) is 18.2 Å². The Bertz CT molecular complexity index is 378. The summed E-state index contributed by atoms with van der Waals surface area (Å²) in [4.78, 5) is 13.5. The maximum atomic E-state index is 13.3. The van der Waals surface area contributed by atoms with Crippen LogP contribution in [0.1, 0.15) is 25.8 Å². The van der Waals surface area contributed by atoms with Gasteiger partial charge in [-0.15, -0.1) is 0 Å². The molecule has 1 N–H and O–H groups in total. The maximum absolute atomic E-state index is 13.3. The maximum Gasteiger partial charge on any atom is 0.223 e. The largest absolute Gasteiger partial charge is 0.343 e. The molecule has 0 fully saturated rings. The Hall–Kier alpha value is -1.42. The zero-order valence-corrected chi connectivity index (χ0v) is 11.1. The monoisotopic (exact) mass is 252 g/mol. The number of carbonyl (C=O) groups excluding carboxylic acids is 1. The zero-order valence-electron chi connectivity index (χ0n) is 11.1. The van der Waals surface area contributed by atoms with Crippen molar-refractivity contribution in [3.8, 4) is 0 Å². The molecule has 0 saturated heterocycles. The van der Waals surface area contributed by atoms with Crippen LogP contribution in [0.5, 0.6) is 0 Å². The fraction of sp³-hybridized carbons (Fsp3) is 0.500. The fourth-order valence-corrected chi connectivity index (χ4v) is 1.79. The van der Waals surface area contributed by atoms with Crippen LogP contribution in [0.3, 0.4) is 0 Å². The second-order valence-corrected chi connectivity index (χ2v) is 4.08. The first-order chi connectivity index (χ1) is 8.69. The summed E-state index contributed by atoms with van der Waals surface area (Å²) in [5.74, 6) is -0.0684. The lowest BCUT2D eigenvalue weighted by Gasteiger charge is -2.18. The quantitative estimate of drug-likeness (QED) is 0.754. The molecule has 0 aromatic heterocycles.